The Kier molecular flexibility index (Phi) is 5.57. The average Bonchev–Trinajstić information content (AvgIpc) is 2.04. The van der Waals surface area contributed by atoms with E-state index in [1.807, 2.05) is 0 Å². The monoisotopic (exact) mass is 186 g/mol. The van der Waals surface area contributed by atoms with Gasteiger partial charge in [0.2, 0.25) is 0 Å². The molecule has 0 saturated carbocycles. The topological polar surface area (TPSA) is 38.0 Å². The van der Waals surface area contributed by atoms with Crippen LogP contribution in [0.2, 0.25) is 0 Å². The standard InChI is InChI=1S/C11H26N2/c1-6-11(4,5)8-13-7-10(12)9(2)3/h9-10,13H,6-8,12H2,1-5H3. The van der Waals surface area contributed by atoms with Crippen LogP contribution in [0.3, 0.4) is 0 Å². The Morgan fingerprint density at radius 2 is 1.85 bits per heavy atom. The Hall–Kier alpha value is -0.0800. The normalized spacial score (nSPS) is 15.0. The van der Waals surface area contributed by atoms with Crippen molar-refractivity contribution in [2.24, 2.45) is 17.1 Å². The number of rotatable bonds is 6. The lowest BCUT2D eigenvalue weighted by Crippen LogP contribution is -2.41. The second-order valence-electron chi connectivity index (χ2n) is 5.06. The minimum atomic E-state index is 0.285. The minimum absolute atomic E-state index is 0.285. The summed E-state index contributed by atoms with van der Waals surface area (Å²) in [5.74, 6) is 0.567. The summed E-state index contributed by atoms with van der Waals surface area (Å²) in [7, 11) is 0. The van der Waals surface area contributed by atoms with E-state index in [0.717, 1.165) is 13.1 Å². The van der Waals surface area contributed by atoms with Crippen LogP contribution in [0.5, 0.6) is 0 Å². The van der Waals surface area contributed by atoms with E-state index < -0.39 is 0 Å². The van der Waals surface area contributed by atoms with Crippen molar-refractivity contribution in [3.63, 3.8) is 0 Å². The third-order valence-electron chi connectivity index (χ3n) is 2.80. The summed E-state index contributed by atoms with van der Waals surface area (Å²) >= 11 is 0. The molecule has 1 unspecified atom stereocenters. The summed E-state index contributed by atoms with van der Waals surface area (Å²) in [5, 5.41) is 3.43. The second-order valence-corrected chi connectivity index (χ2v) is 5.06. The van der Waals surface area contributed by atoms with Crippen LogP contribution in [0.1, 0.15) is 41.0 Å². The highest BCUT2D eigenvalue weighted by Crippen LogP contribution is 2.17. The van der Waals surface area contributed by atoms with Crippen LogP contribution in [0.4, 0.5) is 0 Å². The van der Waals surface area contributed by atoms with Crippen molar-refractivity contribution in [3.05, 3.63) is 0 Å². The van der Waals surface area contributed by atoms with Gasteiger partial charge in [-0.3, -0.25) is 0 Å². The molecule has 0 aliphatic rings. The fourth-order valence-electron chi connectivity index (χ4n) is 0.938. The molecule has 0 bridgehead atoms. The average molecular weight is 186 g/mol. The molecule has 80 valence electrons. The molecule has 0 aromatic rings. The van der Waals surface area contributed by atoms with Gasteiger partial charge in [-0.05, 0) is 17.8 Å². The summed E-state index contributed by atoms with van der Waals surface area (Å²) in [6.45, 7) is 13.1. The van der Waals surface area contributed by atoms with Crippen LogP contribution in [-0.4, -0.2) is 19.1 Å². The van der Waals surface area contributed by atoms with Gasteiger partial charge in [0.25, 0.3) is 0 Å². The van der Waals surface area contributed by atoms with Gasteiger partial charge in [-0.25, -0.2) is 0 Å². The maximum Gasteiger partial charge on any atom is 0.0188 e. The molecule has 0 fully saturated rings. The lowest BCUT2D eigenvalue weighted by atomic mass is 9.90. The largest absolute Gasteiger partial charge is 0.326 e. The zero-order valence-electron chi connectivity index (χ0n) is 9.85. The second kappa shape index (κ2) is 5.61. The van der Waals surface area contributed by atoms with E-state index in [0.29, 0.717) is 11.3 Å². The molecule has 0 rings (SSSR count). The SMILES string of the molecule is CCC(C)(C)CNCC(N)C(C)C. The quantitative estimate of drug-likeness (QED) is 0.666. The van der Waals surface area contributed by atoms with Crippen molar-refractivity contribution in [3.8, 4) is 0 Å². The Bertz CT molecular complexity index is 130. The number of hydrogen-bond acceptors (Lipinski definition) is 2. The summed E-state index contributed by atoms with van der Waals surface area (Å²) in [4.78, 5) is 0. The molecule has 0 aromatic carbocycles. The fourth-order valence-corrected chi connectivity index (χ4v) is 0.938. The van der Waals surface area contributed by atoms with Crippen LogP contribution < -0.4 is 11.1 Å². The third kappa shape index (κ3) is 6.05. The first kappa shape index (κ1) is 12.9. The predicted molar refractivity (Wildman–Crippen MR) is 59.8 cm³/mol. The highest BCUT2D eigenvalue weighted by atomic mass is 14.9. The molecule has 0 amide bonds. The lowest BCUT2D eigenvalue weighted by molar-refractivity contribution is 0.317. The minimum Gasteiger partial charge on any atom is -0.326 e. The molecular weight excluding hydrogens is 160 g/mol. The molecule has 0 aliphatic carbocycles. The summed E-state index contributed by atoms with van der Waals surface area (Å²) in [6.07, 6.45) is 1.21. The van der Waals surface area contributed by atoms with E-state index >= 15 is 0 Å². The molecular formula is C11H26N2. The van der Waals surface area contributed by atoms with Crippen molar-refractivity contribution in [2.45, 2.75) is 47.1 Å². The van der Waals surface area contributed by atoms with Crippen LogP contribution >= 0.6 is 0 Å². The van der Waals surface area contributed by atoms with Gasteiger partial charge >= 0.3 is 0 Å². The van der Waals surface area contributed by atoms with Gasteiger partial charge in [0.05, 0.1) is 0 Å². The van der Waals surface area contributed by atoms with E-state index in [-0.39, 0.29) is 6.04 Å². The zero-order valence-corrected chi connectivity index (χ0v) is 9.85. The summed E-state index contributed by atoms with van der Waals surface area (Å²) in [5.41, 5.74) is 6.32. The van der Waals surface area contributed by atoms with Crippen molar-refractivity contribution >= 4 is 0 Å². The highest BCUT2D eigenvalue weighted by Gasteiger charge is 2.15. The smallest absolute Gasteiger partial charge is 0.0188 e. The third-order valence-corrected chi connectivity index (χ3v) is 2.80. The van der Waals surface area contributed by atoms with Gasteiger partial charge in [-0.15, -0.1) is 0 Å². The maximum atomic E-state index is 5.92. The Labute approximate surface area is 83.3 Å². The van der Waals surface area contributed by atoms with Crippen molar-refractivity contribution in [1.29, 1.82) is 0 Å². The molecule has 0 aromatic heterocycles. The van der Waals surface area contributed by atoms with Gasteiger partial charge in [0, 0.05) is 19.1 Å². The molecule has 0 saturated heterocycles. The fraction of sp³-hybridized carbons (Fsp3) is 1.00. The zero-order chi connectivity index (χ0) is 10.5. The molecule has 3 N–H and O–H groups in total. The van der Waals surface area contributed by atoms with E-state index in [9.17, 15) is 0 Å². The first-order valence-corrected chi connectivity index (χ1v) is 5.35. The van der Waals surface area contributed by atoms with Crippen molar-refractivity contribution in [2.75, 3.05) is 13.1 Å². The number of nitrogens with one attached hydrogen (secondary N) is 1. The molecule has 0 radical (unpaired) electrons. The highest BCUT2D eigenvalue weighted by molar-refractivity contribution is 4.73. The van der Waals surface area contributed by atoms with Crippen LogP contribution in [0.25, 0.3) is 0 Å². The van der Waals surface area contributed by atoms with Gasteiger partial charge in [-0.2, -0.15) is 0 Å². The van der Waals surface area contributed by atoms with E-state index in [2.05, 4.69) is 39.9 Å². The van der Waals surface area contributed by atoms with Gasteiger partial charge in [0.15, 0.2) is 0 Å². The van der Waals surface area contributed by atoms with E-state index in [4.69, 9.17) is 5.73 Å². The Morgan fingerprint density at radius 1 is 1.31 bits per heavy atom. The molecule has 0 heterocycles. The van der Waals surface area contributed by atoms with Crippen molar-refractivity contribution in [1.82, 2.24) is 5.32 Å². The van der Waals surface area contributed by atoms with Crippen LogP contribution in [0.15, 0.2) is 0 Å². The number of nitrogens with two attached hydrogens (primary N) is 1. The van der Waals surface area contributed by atoms with E-state index in [1.165, 1.54) is 6.42 Å². The van der Waals surface area contributed by atoms with Gasteiger partial charge < -0.3 is 11.1 Å². The van der Waals surface area contributed by atoms with Gasteiger partial charge in [-0.1, -0.05) is 34.6 Å². The molecule has 0 aliphatic heterocycles. The van der Waals surface area contributed by atoms with Crippen LogP contribution in [-0.2, 0) is 0 Å². The first-order valence-electron chi connectivity index (χ1n) is 5.35. The summed E-state index contributed by atoms with van der Waals surface area (Å²) in [6, 6.07) is 0.285. The Balaban J connectivity index is 3.56. The number of hydrogen-bond donors (Lipinski definition) is 2. The first-order chi connectivity index (χ1) is 5.89. The molecule has 1 atom stereocenters. The molecule has 0 spiro atoms. The van der Waals surface area contributed by atoms with Crippen LogP contribution in [0, 0.1) is 11.3 Å². The maximum absolute atomic E-state index is 5.92. The molecule has 13 heavy (non-hydrogen) atoms. The summed E-state index contributed by atoms with van der Waals surface area (Å²) < 4.78 is 0. The lowest BCUT2D eigenvalue weighted by Gasteiger charge is -2.25. The predicted octanol–water partition coefficient (Wildman–Crippen LogP) is 2.00. The van der Waals surface area contributed by atoms with Gasteiger partial charge in [0.1, 0.15) is 0 Å². The van der Waals surface area contributed by atoms with E-state index in [1.54, 1.807) is 0 Å². The molecule has 2 nitrogen and oxygen atoms in total. The van der Waals surface area contributed by atoms with Crippen molar-refractivity contribution < 1.29 is 0 Å². The Morgan fingerprint density at radius 3 is 2.23 bits per heavy atom. The molecule has 2 heteroatoms.